The summed E-state index contributed by atoms with van der Waals surface area (Å²) >= 11 is 0. The van der Waals surface area contributed by atoms with E-state index in [0.29, 0.717) is 0 Å². The van der Waals surface area contributed by atoms with E-state index in [1.807, 2.05) is 0 Å². The largest absolute Gasteiger partial charge is 0.0812 e. The van der Waals surface area contributed by atoms with Gasteiger partial charge in [-0.15, -0.1) is 0 Å². The molecule has 0 aliphatic rings. The molecule has 0 aliphatic carbocycles. The SMILES string of the molecule is [CH]=C(/C=C/C(CC)CCC)CC. The summed E-state index contributed by atoms with van der Waals surface area (Å²) in [7, 11) is 0. The second kappa shape index (κ2) is 7.15. The molecule has 0 saturated carbocycles. The molecule has 69 valence electrons. The first kappa shape index (κ1) is 11.5. The van der Waals surface area contributed by atoms with Gasteiger partial charge in [-0.3, -0.25) is 0 Å². The van der Waals surface area contributed by atoms with E-state index in [-0.39, 0.29) is 0 Å². The van der Waals surface area contributed by atoms with Crippen LogP contribution in [0.1, 0.15) is 46.5 Å². The molecule has 0 bridgehead atoms. The first-order valence-corrected chi connectivity index (χ1v) is 5.04. The van der Waals surface area contributed by atoms with Crippen LogP contribution in [0, 0.1) is 12.5 Å². The van der Waals surface area contributed by atoms with Crippen molar-refractivity contribution in [1.29, 1.82) is 0 Å². The Morgan fingerprint density at radius 2 is 2.00 bits per heavy atom. The summed E-state index contributed by atoms with van der Waals surface area (Å²) in [5, 5.41) is 0. The molecule has 0 fully saturated rings. The van der Waals surface area contributed by atoms with Crippen LogP contribution in [-0.4, -0.2) is 0 Å². The predicted octanol–water partition coefficient (Wildman–Crippen LogP) is 4.14. The van der Waals surface area contributed by atoms with Crippen molar-refractivity contribution in [3.8, 4) is 0 Å². The first-order valence-electron chi connectivity index (χ1n) is 5.04. The third-order valence-electron chi connectivity index (χ3n) is 2.17. The summed E-state index contributed by atoms with van der Waals surface area (Å²) in [5.74, 6) is 0.722. The van der Waals surface area contributed by atoms with E-state index >= 15 is 0 Å². The summed E-state index contributed by atoms with van der Waals surface area (Å²) in [6.07, 6.45) is 9.05. The minimum absolute atomic E-state index is 0.722. The molecule has 0 spiro atoms. The summed E-state index contributed by atoms with van der Waals surface area (Å²) in [6.45, 7) is 12.2. The fraction of sp³-hybridized carbons (Fsp3) is 0.667. The van der Waals surface area contributed by atoms with Crippen molar-refractivity contribution in [2.24, 2.45) is 5.92 Å². The molecule has 1 atom stereocenters. The van der Waals surface area contributed by atoms with Gasteiger partial charge in [-0.1, -0.05) is 45.9 Å². The fourth-order valence-electron chi connectivity index (χ4n) is 1.18. The van der Waals surface area contributed by atoms with Crippen LogP contribution in [0.15, 0.2) is 17.7 Å². The lowest BCUT2D eigenvalue weighted by atomic mass is 9.99. The van der Waals surface area contributed by atoms with Crippen LogP contribution in [-0.2, 0) is 0 Å². The van der Waals surface area contributed by atoms with Gasteiger partial charge >= 0.3 is 0 Å². The zero-order chi connectivity index (χ0) is 9.40. The van der Waals surface area contributed by atoms with Gasteiger partial charge in [0, 0.05) is 0 Å². The Hall–Kier alpha value is -0.520. The highest BCUT2D eigenvalue weighted by Crippen LogP contribution is 2.13. The van der Waals surface area contributed by atoms with E-state index in [2.05, 4.69) is 32.9 Å². The standard InChI is InChI=1S/C12H21/c1-5-8-12(7-3)10-9-11(4)6-2/h4,9-10,12H,5-8H2,1-3H3/b10-9+,11-4?. The van der Waals surface area contributed by atoms with Crippen molar-refractivity contribution >= 4 is 0 Å². The number of rotatable bonds is 6. The molecule has 0 aromatic rings. The molecule has 0 aromatic carbocycles. The summed E-state index contributed by atoms with van der Waals surface area (Å²) in [6, 6.07) is 0. The molecular weight excluding hydrogens is 144 g/mol. The minimum atomic E-state index is 0.722. The van der Waals surface area contributed by atoms with Crippen molar-refractivity contribution in [2.75, 3.05) is 0 Å². The van der Waals surface area contributed by atoms with Crippen LogP contribution in [0.4, 0.5) is 0 Å². The van der Waals surface area contributed by atoms with Crippen LogP contribution in [0.2, 0.25) is 0 Å². The lowest BCUT2D eigenvalue weighted by Crippen LogP contribution is -1.92. The van der Waals surface area contributed by atoms with Crippen molar-refractivity contribution < 1.29 is 0 Å². The summed E-state index contributed by atoms with van der Waals surface area (Å²) < 4.78 is 0. The van der Waals surface area contributed by atoms with Crippen LogP contribution in [0.25, 0.3) is 0 Å². The Morgan fingerprint density at radius 3 is 2.42 bits per heavy atom. The topological polar surface area (TPSA) is 0 Å². The highest BCUT2D eigenvalue weighted by Gasteiger charge is 1.98. The first-order chi connectivity index (χ1) is 5.74. The second-order valence-corrected chi connectivity index (χ2v) is 3.24. The monoisotopic (exact) mass is 165 g/mol. The highest BCUT2D eigenvalue weighted by molar-refractivity contribution is 5.12. The van der Waals surface area contributed by atoms with Gasteiger partial charge in [0.1, 0.15) is 0 Å². The molecule has 0 nitrogen and oxygen atoms in total. The van der Waals surface area contributed by atoms with Crippen LogP contribution >= 0.6 is 0 Å². The summed E-state index contributed by atoms with van der Waals surface area (Å²) in [4.78, 5) is 0. The quantitative estimate of drug-likeness (QED) is 0.519. The molecule has 0 saturated heterocycles. The van der Waals surface area contributed by atoms with E-state index in [0.717, 1.165) is 17.9 Å². The van der Waals surface area contributed by atoms with Crippen molar-refractivity contribution in [2.45, 2.75) is 46.5 Å². The fourth-order valence-corrected chi connectivity index (χ4v) is 1.18. The van der Waals surface area contributed by atoms with Crippen LogP contribution in [0.3, 0.4) is 0 Å². The Bertz CT molecular complexity index is 142. The van der Waals surface area contributed by atoms with Gasteiger partial charge in [-0.05, 0) is 30.8 Å². The molecule has 0 aromatic heterocycles. The maximum Gasteiger partial charge on any atom is -0.0233 e. The van der Waals surface area contributed by atoms with Gasteiger partial charge < -0.3 is 0 Å². The zero-order valence-corrected chi connectivity index (χ0v) is 8.64. The van der Waals surface area contributed by atoms with Gasteiger partial charge in [-0.25, -0.2) is 0 Å². The van der Waals surface area contributed by atoms with Crippen molar-refractivity contribution in [3.05, 3.63) is 24.3 Å². The number of hydrogen-bond acceptors (Lipinski definition) is 0. The minimum Gasteiger partial charge on any atom is -0.0812 e. The van der Waals surface area contributed by atoms with E-state index in [9.17, 15) is 0 Å². The van der Waals surface area contributed by atoms with Gasteiger partial charge in [0.25, 0.3) is 0 Å². The van der Waals surface area contributed by atoms with E-state index in [4.69, 9.17) is 6.58 Å². The third kappa shape index (κ3) is 5.17. The molecule has 0 aliphatic heterocycles. The third-order valence-corrected chi connectivity index (χ3v) is 2.17. The van der Waals surface area contributed by atoms with E-state index in [1.54, 1.807) is 0 Å². The van der Waals surface area contributed by atoms with E-state index in [1.165, 1.54) is 19.3 Å². The predicted molar refractivity (Wildman–Crippen MR) is 55.9 cm³/mol. The lowest BCUT2D eigenvalue weighted by Gasteiger charge is -2.07. The lowest BCUT2D eigenvalue weighted by molar-refractivity contribution is 0.563. The number of allylic oxidation sites excluding steroid dienone is 3. The average Bonchev–Trinajstić information content (AvgIpc) is 2.11. The molecule has 1 unspecified atom stereocenters. The highest BCUT2D eigenvalue weighted by atomic mass is 14.0. The van der Waals surface area contributed by atoms with Crippen molar-refractivity contribution in [1.82, 2.24) is 0 Å². The Kier molecular flexibility index (Phi) is 6.84. The molecule has 0 amide bonds. The van der Waals surface area contributed by atoms with Gasteiger partial charge in [0.05, 0.1) is 0 Å². The summed E-state index contributed by atoms with van der Waals surface area (Å²) in [5.41, 5.74) is 0.990. The van der Waals surface area contributed by atoms with Crippen LogP contribution < -0.4 is 0 Å². The molecule has 0 N–H and O–H groups in total. The van der Waals surface area contributed by atoms with E-state index < -0.39 is 0 Å². The Morgan fingerprint density at radius 1 is 1.33 bits per heavy atom. The van der Waals surface area contributed by atoms with Crippen molar-refractivity contribution in [3.63, 3.8) is 0 Å². The molecule has 0 heteroatoms. The smallest absolute Gasteiger partial charge is 0.0233 e. The zero-order valence-electron chi connectivity index (χ0n) is 8.64. The molecule has 1 radical (unpaired) electrons. The van der Waals surface area contributed by atoms with Gasteiger partial charge in [0.2, 0.25) is 0 Å². The molecule has 0 heterocycles. The Balaban J connectivity index is 3.83. The molecular formula is C12H21. The van der Waals surface area contributed by atoms with Gasteiger partial charge in [0.15, 0.2) is 0 Å². The van der Waals surface area contributed by atoms with Crippen LogP contribution in [0.5, 0.6) is 0 Å². The van der Waals surface area contributed by atoms with Gasteiger partial charge in [-0.2, -0.15) is 0 Å². The average molecular weight is 165 g/mol. The second-order valence-electron chi connectivity index (χ2n) is 3.24. The molecule has 0 rings (SSSR count). The maximum atomic E-state index is 5.70. The molecule has 12 heavy (non-hydrogen) atoms. The number of hydrogen-bond donors (Lipinski definition) is 0. The normalized spacial score (nSPS) is 13.6. The maximum absolute atomic E-state index is 5.70. The Labute approximate surface area is 77.4 Å².